The van der Waals surface area contributed by atoms with Gasteiger partial charge in [0.1, 0.15) is 35.2 Å². The summed E-state index contributed by atoms with van der Waals surface area (Å²) in [6, 6.07) is 7.29. The van der Waals surface area contributed by atoms with Crippen molar-refractivity contribution in [1.82, 2.24) is 30.1 Å². The van der Waals surface area contributed by atoms with E-state index < -0.39 is 17.2 Å². The maximum atomic E-state index is 16.9. The third kappa shape index (κ3) is 5.61. The average Bonchev–Trinajstić information content (AvgIpc) is 3.64. The summed E-state index contributed by atoms with van der Waals surface area (Å²) in [6.07, 6.45) is 5.22. The maximum absolute atomic E-state index is 16.9. The number of likely N-dealkylation sites (N-methyl/N-ethyl adjacent to an activating group) is 1. The van der Waals surface area contributed by atoms with Crippen molar-refractivity contribution in [2.75, 3.05) is 64.4 Å². The number of pyridine rings is 1. The summed E-state index contributed by atoms with van der Waals surface area (Å²) in [5, 5.41) is 15.1. The summed E-state index contributed by atoms with van der Waals surface area (Å²) in [7, 11) is 1.82. The number of nitrogens with one attached hydrogen (secondary N) is 1. The molecule has 0 aliphatic carbocycles. The van der Waals surface area contributed by atoms with Gasteiger partial charge < -0.3 is 29.7 Å². The molecule has 2 N–H and O–H groups in total. The van der Waals surface area contributed by atoms with Crippen molar-refractivity contribution in [2.24, 2.45) is 0 Å². The zero-order chi connectivity index (χ0) is 33.9. The fourth-order valence-corrected chi connectivity index (χ4v) is 8.37. The number of piperazine rings is 1. The first kappa shape index (κ1) is 32.0. The monoisotopic (exact) mass is 673 g/mol. The Balaban J connectivity index is 1.28. The summed E-state index contributed by atoms with van der Waals surface area (Å²) in [4.78, 5) is 33.8. The molecule has 3 fully saturated rings. The van der Waals surface area contributed by atoms with E-state index in [0.29, 0.717) is 62.4 Å². The molecule has 0 radical (unpaired) electrons. The number of carbonyl (C=O) groups excluding carboxylic acids is 1. The van der Waals surface area contributed by atoms with Gasteiger partial charge in [0.25, 0.3) is 0 Å². The van der Waals surface area contributed by atoms with E-state index in [1.807, 2.05) is 7.05 Å². The highest BCUT2D eigenvalue weighted by Gasteiger charge is 2.50. The number of aromatic nitrogens is 3. The minimum atomic E-state index is -0.768. The molecule has 6 heterocycles. The molecule has 2 aromatic carbocycles. The Labute approximate surface area is 283 Å². The van der Waals surface area contributed by atoms with Crippen LogP contribution in [0.3, 0.4) is 0 Å². The number of hydrogen-bond donors (Lipinski definition) is 2. The Kier molecular flexibility index (Phi) is 8.03. The number of phenols is 1. The van der Waals surface area contributed by atoms with Crippen LogP contribution in [0.5, 0.6) is 11.8 Å². The summed E-state index contributed by atoms with van der Waals surface area (Å²) < 4.78 is 44.9. The van der Waals surface area contributed by atoms with Gasteiger partial charge in [0.2, 0.25) is 5.91 Å². The Morgan fingerprint density at radius 3 is 2.90 bits per heavy atom. The van der Waals surface area contributed by atoms with E-state index in [4.69, 9.17) is 14.5 Å². The fourth-order valence-electron chi connectivity index (χ4n) is 8.37. The van der Waals surface area contributed by atoms with Crippen LogP contribution < -0.4 is 15.0 Å². The molecule has 4 aliphatic rings. The van der Waals surface area contributed by atoms with Gasteiger partial charge in [-0.15, -0.1) is 0 Å². The van der Waals surface area contributed by atoms with Crippen LogP contribution in [0.25, 0.3) is 32.9 Å². The van der Waals surface area contributed by atoms with E-state index in [0.717, 1.165) is 32.4 Å². The maximum Gasteiger partial charge on any atom is 0.319 e. The molecule has 1 spiro atoms. The van der Waals surface area contributed by atoms with Crippen molar-refractivity contribution in [2.45, 2.75) is 56.2 Å². The predicted octanol–water partition coefficient (Wildman–Crippen LogP) is 4.25. The normalized spacial score (nSPS) is 26.6. The zero-order valence-corrected chi connectivity index (χ0v) is 27.8. The SMILES string of the molecule is CC[C@@]12CC(=O)N(C)CCO[C@H]3CN4CCC[C@]4(COc4nc(c5cnc(-c6cc(O)cc7cccc(F)c67)c(F)c5n4)N(CCN1)C2)C3. The number of nitrogens with zero attached hydrogens (tertiary/aromatic N) is 6. The highest BCUT2D eigenvalue weighted by molar-refractivity contribution is 6.00. The number of rotatable bonds is 2. The van der Waals surface area contributed by atoms with Crippen molar-refractivity contribution in [3.8, 4) is 23.0 Å². The van der Waals surface area contributed by atoms with Crippen LogP contribution in [0.1, 0.15) is 39.0 Å². The van der Waals surface area contributed by atoms with Crippen molar-refractivity contribution in [1.29, 1.82) is 0 Å². The van der Waals surface area contributed by atoms with Crippen LogP contribution in [0.4, 0.5) is 14.6 Å². The number of hydrogen-bond acceptors (Lipinski definition) is 10. The topological polar surface area (TPSA) is 116 Å². The van der Waals surface area contributed by atoms with E-state index in [2.05, 4.69) is 32.0 Å². The van der Waals surface area contributed by atoms with E-state index in [-0.39, 0.29) is 57.9 Å². The molecule has 6 bridgehead atoms. The van der Waals surface area contributed by atoms with Crippen LogP contribution in [0.2, 0.25) is 0 Å². The van der Waals surface area contributed by atoms with Crippen LogP contribution in [0, 0.1) is 11.6 Å². The Morgan fingerprint density at radius 1 is 1.16 bits per heavy atom. The Bertz CT molecular complexity index is 1950. The minimum Gasteiger partial charge on any atom is -0.508 e. The number of amides is 1. The van der Waals surface area contributed by atoms with Crippen LogP contribution in [-0.2, 0) is 9.53 Å². The summed E-state index contributed by atoms with van der Waals surface area (Å²) in [5.41, 5.74) is -0.844. The van der Waals surface area contributed by atoms with Crippen molar-refractivity contribution < 1.29 is 28.2 Å². The molecule has 4 aliphatic heterocycles. The predicted molar refractivity (Wildman–Crippen MR) is 181 cm³/mol. The lowest BCUT2D eigenvalue weighted by Crippen LogP contribution is -2.62. The first-order valence-corrected chi connectivity index (χ1v) is 17.2. The molecule has 13 heteroatoms. The molecule has 1 amide bonds. The van der Waals surface area contributed by atoms with Gasteiger partial charge in [-0.05, 0) is 55.8 Å². The number of aromatic hydroxyl groups is 1. The van der Waals surface area contributed by atoms with Gasteiger partial charge in [0.05, 0.1) is 23.6 Å². The molecular formula is C36H41F2N7O4. The van der Waals surface area contributed by atoms with Crippen LogP contribution in [-0.4, -0.2) is 112 Å². The molecule has 8 rings (SSSR count). The van der Waals surface area contributed by atoms with Gasteiger partial charge in [0, 0.05) is 68.9 Å². The summed E-state index contributed by atoms with van der Waals surface area (Å²) >= 11 is 0. The lowest BCUT2D eigenvalue weighted by atomic mass is 9.88. The first-order valence-electron chi connectivity index (χ1n) is 17.2. The molecule has 3 atom stereocenters. The molecule has 3 saturated heterocycles. The Morgan fingerprint density at radius 2 is 2.04 bits per heavy atom. The van der Waals surface area contributed by atoms with E-state index >= 15 is 8.78 Å². The van der Waals surface area contributed by atoms with Gasteiger partial charge in [-0.25, -0.2) is 8.78 Å². The molecule has 11 nitrogen and oxygen atoms in total. The molecule has 0 unspecified atom stereocenters. The van der Waals surface area contributed by atoms with Gasteiger partial charge >= 0.3 is 6.01 Å². The van der Waals surface area contributed by atoms with Crippen LogP contribution in [0.15, 0.2) is 36.5 Å². The highest BCUT2D eigenvalue weighted by atomic mass is 19.1. The van der Waals surface area contributed by atoms with Gasteiger partial charge in [0.15, 0.2) is 5.82 Å². The van der Waals surface area contributed by atoms with E-state index in [1.165, 1.54) is 30.5 Å². The number of halogens is 2. The fraction of sp³-hybridized carbons (Fsp3) is 0.500. The summed E-state index contributed by atoms with van der Waals surface area (Å²) in [5.74, 6) is -0.978. The second-order valence-electron chi connectivity index (χ2n) is 14.1. The zero-order valence-electron chi connectivity index (χ0n) is 27.8. The minimum absolute atomic E-state index is 0.00808. The number of ether oxygens (including phenoxy) is 2. The molecule has 0 saturated carbocycles. The Hall–Kier alpha value is -4.20. The smallest absolute Gasteiger partial charge is 0.319 e. The van der Waals surface area contributed by atoms with Crippen molar-refractivity contribution in [3.05, 3.63) is 48.2 Å². The molecular weight excluding hydrogens is 632 g/mol. The van der Waals surface area contributed by atoms with Gasteiger partial charge in [-0.1, -0.05) is 19.1 Å². The number of anilines is 1. The third-order valence-corrected chi connectivity index (χ3v) is 11.1. The van der Waals surface area contributed by atoms with Crippen LogP contribution >= 0.6 is 0 Å². The lowest BCUT2D eigenvalue weighted by molar-refractivity contribution is -0.132. The molecule has 258 valence electrons. The van der Waals surface area contributed by atoms with E-state index in [1.54, 1.807) is 11.0 Å². The molecule has 2 aromatic heterocycles. The van der Waals surface area contributed by atoms with E-state index in [9.17, 15) is 9.90 Å². The van der Waals surface area contributed by atoms with Gasteiger partial charge in [-0.2, -0.15) is 9.97 Å². The summed E-state index contributed by atoms with van der Waals surface area (Å²) in [6.45, 7) is 6.62. The van der Waals surface area contributed by atoms with Gasteiger partial charge in [-0.3, -0.25) is 14.7 Å². The standard InChI is InChI=1S/C36H41F2N7O4/c1-3-35-17-28(47)43(2)12-13-48-24-16-36(8-5-10-45(36)19-24)21-49-34-41-32-26(33(42-34)44(20-35)11-9-40-35)18-39-31(30(32)38)25-15-23(46)14-22-6-4-7-27(37)29(22)25/h4,6-7,14-15,18,24,40,46H,3,5,8-13,16-17,19-21H2,1-2H3/t24-,35+,36-/m1/s1. The largest absolute Gasteiger partial charge is 0.508 e. The number of benzene rings is 2. The number of phenolic OH excluding ortho intramolecular Hbond substituents is 1. The highest BCUT2D eigenvalue weighted by Crippen LogP contribution is 2.42. The third-order valence-electron chi connectivity index (χ3n) is 11.1. The van der Waals surface area contributed by atoms with Crippen molar-refractivity contribution in [3.63, 3.8) is 0 Å². The molecule has 4 aromatic rings. The second kappa shape index (κ2) is 12.3. The average molecular weight is 674 g/mol. The second-order valence-corrected chi connectivity index (χ2v) is 14.1. The molecule has 49 heavy (non-hydrogen) atoms. The number of carbonyl (C=O) groups is 1. The lowest BCUT2D eigenvalue weighted by Gasteiger charge is -2.44. The quantitative estimate of drug-likeness (QED) is 0.320. The first-order chi connectivity index (χ1) is 23.7. The number of fused-ring (bicyclic) bond motifs is 9. The van der Waals surface area contributed by atoms with Crippen molar-refractivity contribution >= 4 is 33.4 Å².